The Morgan fingerprint density at radius 2 is 1.86 bits per heavy atom. The van der Waals surface area contributed by atoms with Gasteiger partial charge in [0.2, 0.25) is 0 Å². The molecule has 0 atom stereocenters. The summed E-state index contributed by atoms with van der Waals surface area (Å²) in [6, 6.07) is 7.69. The first-order valence-corrected chi connectivity index (χ1v) is 6.88. The predicted molar refractivity (Wildman–Crippen MR) is 84.4 cm³/mol. The van der Waals surface area contributed by atoms with Crippen molar-refractivity contribution in [3.05, 3.63) is 42.4 Å². The van der Waals surface area contributed by atoms with Crippen molar-refractivity contribution in [2.24, 2.45) is 0 Å². The van der Waals surface area contributed by atoms with Gasteiger partial charge in [0.25, 0.3) is 5.91 Å². The summed E-state index contributed by atoms with van der Waals surface area (Å²) in [5.41, 5.74) is 7.55. The number of hydrogen-bond donors (Lipinski definition) is 2. The molecule has 0 fully saturated rings. The zero-order valence-electron chi connectivity index (χ0n) is 12.2. The van der Waals surface area contributed by atoms with Crippen LogP contribution in [0.3, 0.4) is 0 Å². The number of nitrogens with one attached hydrogen (secondary N) is 1. The molecule has 6 heteroatoms. The number of anilines is 3. The number of nitrogen functional groups attached to an aromatic ring is 1. The van der Waals surface area contributed by atoms with Crippen LogP contribution in [0.1, 0.15) is 24.3 Å². The fourth-order valence-electron chi connectivity index (χ4n) is 2.03. The Bertz CT molecular complexity index is 608. The van der Waals surface area contributed by atoms with E-state index in [4.69, 9.17) is 5.73 Å². The van der Waals surface area contributed by atoms with Gasteiger partial charge < -0.3 is 16.0 Å². The first kappa shape index (κ1) is 14.8. The second-order valence-corrected chi connectivity index (χ2v) is 4.50. The Balaban J connectivity index is 2.08. The van der Waals surface area contributed by atoms with E-state index in [0.717, 1.165) is 18.8 Å². The SMILES string of the molecule is CCN(CC)c1ccc(NC(=O)c2cncc(N)n2)cc1. The van der Waals surface area contributed by atoms with Crippen LogP contribution in [0.2, 0.25) is 0 Å². The van der Waals surface area contributed by atoms with Crippen molar-refractivity contribution in [1.29, 1.82) is 0 Å². The average molecular weight is 285 g/mol. The number of hydrogen-bond acceptors (Lipinski definition) is 5. The van der Waals surface area contributed by atoms with Crippen LogP contribution in [0.4, 0.5) is 17.2 Å². The van der Waals surface area contributed by atoms with Gasteiger partial charge in [-0.3, -0.25) is 9.78 Å². The van der Waals surface area contributed by atoms with Gasteiger partial charge >= 0.3 is 0 Å². The zero-order valence-corrected chi connectivity index (χ0v) is 12.2. The molecule has 21 heavy (non-hydrogen) atoms. The molecule has 2 aromatic rings. The molecular weight excluding hydrogens is 266 g/mol. The van der Waals surface area contributed by atoms with Crippen LogP contribution in [0.15, 0.2) is 36.7 Å². The summed E-state index contributed by atoms with van der Waals surface area (Å²) in [6.45, 7) is 6.11. The van der Waals surface area contributed by atoms with Crippen molar-refractivity contribution in [1.82, 2.24) is 9.97 Å². The van der Waals surface area contributed by atoms with Gasteiger partial charge in [-0.15, -0.1) is 0 Å². The summed E-state index contributed by atoms with van der Waals surface area (Å²) in [5, 5.41) is 2.77. The van der Waals surface area contributed by atoms with E-state index >= 15 is 0 Å². The summed E-state index contributed by atoms with van der Waals surface area (Å²) >= 11 is 0. The van der Waals surface area contributed by atoms with Crippen LogP contribution < -0.4 is 16.0 Å². The molecule has 1 heterocycles. The van der Waals surface area contributed by atoms with E-state index in [1.54, 1.807) is 0 Å². The lowest BCUT2D eigenvalue weighted by Gasteiger charge is -2.21. The van der Waals surface area contributed by atoms with Crippen LogP contribution in [0.25, 0.3) is 0 Å². The molecule has 6 nitrogen and oxygen atoms in total. The Morgan fingerprint density at radius 1 is 1.19 bits per heavy atom. The fourth-order valence-corrected chi connectivity index (χ4v) is 2.03. The van der Waals surface area contributed by atoms with Crippen LogP contribution in [0.5, 0.6) is 0 Å². The third-order valence-corrected chi connectivity index (χ3v) is 3.14. The minimum Gasteiger partial charge on any atom is -0.382 e. The number of amides is 1. The van der Waals surface area contributed by atoms with E-state index in [-0.39, 0.29) is 17.4 Å². The molecule has 0 saturated carbocycles. The summed E-state index contributed by atoms with van der Waals surface area (Å²) in [7, 11) is 0. The van der Waals surface area contributed by atoms with Crippen molar-refractivity contribution < 1.29 is 4.79 Å². The fraction of sp³-hybridized carbons (Fsp3) is 0.267. The van der Waals surface area contributed by atoms with E-state index in [1.807, 2.05) is 24.3 Å². The molecule has 0 spiro atoms. The van der Waals surface area contributed by atoms with Crippen molar-refractivity contribution in [3.63, 3.8) is 0 Å². The van der Waals surface area contributed by atoms with E-state index in [0.29, 0.717) is 5.69 Å². The largest absolute Gasteiger partial charge is 0.382 e. The Hall–Kier alpha value is -2.63. The third kappa shape index (κ3) is 3.68. The highest BCUT2D eigenvalue weighted by molar-refractivity contribution is 6.02. The molecule has 1 amide bonds. The summed E-state index contributed by atoms with van der Waals surface area (Å²) < 4.78 is 0. The molecule has 0 unspecified atom stereocenters. The Morgan fingerprint density at radius 3 is 2.43 bits per heavy atom. The smallest absolute Gasteiger partial charge is 0.275 e. The van der Waals surface area contributed by atoms with E-state index < -0.39 is 0 Å². The molecule has 110 valence electrons. The zero-order chi connectivity index (χ0) is 15.2. The van der Waals surface area contributed by atoms with Gasteiger partial charge in [-0.1, -0.05) is 0 Å². The van der Waals surface area contributed by atoms with Crippen molar-refractivity contribution in [3.8, 4) is 0 Å². The van der Waals surface area contributed by atoms with Crippen LogP contribution in [-0.4, -0.2) is 29.0 Å². The normalized spacial score (nSPS) is 10.2. The number of nitrogens with zero attached hydrogens (tertiary/aromatic N) is 3. The molecule has 2 rings (SSSR count). The lowest BCUT2D eigenvalue weighted by Crippen LogP contribution is -2.21. The molecule has 0 saturated heterocycles. The molecule has 0 radical (unpaired) electrons. The Kier molecular flexibility index (Phi) is 4.71. The van der Waals surface area contributed by atoms with Gasteiger partial charge in [0.15, 0.2) is 0 Å². The van der Waals surface area contributed by atoms with Crippen molar-refractivity contribution >= 4 is 23.1 Å². The highest BCUT2D eigenvalue weighted by Crippen LogP contribution is 2.18. The quantitative estimate of drug-likeness (QED) is 0.879. The van der Waals surface area contributed by atoms with Gasteiger partial charge in [0.1, 0.15) is 11.5 Å². The highest BCUT2D eigenvalue weighted by Gasteiger charge is 2.09. The molecule has 1 aromatic carbocycles. The van der Waals surface area contributed by atoms with E-state index in [1.165, 1.54) is 12.4 Å². The first-order chi connectivity index (χ1) is 10.1. The second kappa shape index (κ2) is 6.69. The van der Waals surface area contributed by atoms with Gasteiger partial charge in [0.05, 0.1) is 12.4 Å². The van der Waals surface area contributed by atoms with Gasteiger partial charge in [0, 0.05) is 24.5 Å². The lowest BCUT2D eigenvalue weighted by molar-refractivity contribution is 0.102. The number of carbonyl (C=O) groups is 1. The number of aromatic nitrogens is 2. The lowest BCUT2D eigenvalue weighted by atomic mass is 10.2. The average Bonchev–Trinajstić information content (AvgIpc) is 2.50. The number of rotatable bonds is 5. The van der Waals surface area contributed by atoms with Crippen LogP contribution in [0, 0.1) is 0 Å². The number of benzene rings is 1. The minimum atomic E-state index is -0.328. The van der Waals surface area contributed by atoms with Gasteiger partial charge in [-0.25, -0.2) is 4.98 Å². The molecular formula is C15H19N5O. The maximum atomic E-state index is 12.0. The second-order valence-electron chi connectivity index (χ2n) is 4.50. The van der Waals surface area contributed by atoms with E-state index in [2.05, 4.69) is 34.0 Å². The summed E-state index contributed by atoms with van der Waals surface area (Å²) in [5.74, 6) is -0.107. The van der Waals surface area contributed by atoms with Gasteiger partial charge in [-0.2, -0.15) is 0 Å². The maximum absolute atomic E-state index is 12.0. The first-order valence-electron chi connectivity index (χ1n) is 6.88. The number of carbonyl (C=O) groups excluding carboxylic acids is 1. The number of nitrogens with two attached hydrogens (primary N) is 1. The maximum Gasteiger partial charge on any atom is 0.275 e. The topological polar surface area (TPSA) is 84.1 Å². The molecule has 0 aliphatic carbocycles. The predicted octanol–water partition coefficient (Wildman–Crippen LogP) is 2.16. The van der Waals surface area contributed by atoms with Crippen LogP contribution in [-0.2, 0) is 0 Å². The van der Waals surface area contributed by atoms with E-state index in [9.17, 15) is 4.79 Å². The summed E-state index contributed by atoms with van der Waals surface area (Å²) in [6.07, 6.45) is 2.78. The van der Waals surface area contributed by atoms with Crippen molar-refractivity contribution in [2.45, 2.75) is 13.8 Å². The van der Waals surface area contributed by atoms with Gasteiger partial charge in [-0.05, 0) is 38.1 Å². The molecule has 3 N–H and O–H groups in total. The molecule has 0 bridgehead atoms. The Labute approximate surface area is 124 Å². The molecule has 0 aliphatic rings. The van der Waals surface area contributed by atoms with Crippen LogP contribution >= 0.6 is 0 Å². The molecule has 0 aliphatic heterocycles. The van der Waals surface area contributed by atoms with Crippen molar-refractivity contribution in [2.75, 3.05) is 29.0 Å². The third-order valence-electron chi connectivity index (χ3n) is 3.14. The molecule has 1 aromatic heterocycles. The minimum absolute atomic E-state index is 0.197. The summed E-state index contributed by atoms with van der Waals surface area (Å²) in [4.78, 5) is 22.0. The standard InChI is InChI=1S/C15H19N5O/c1-3-20(4-2)12-7-5-11(6-8-12)18-15(21)13-9-17-10-14(16)19-13/h5-10H,3-4H2,1-2H3,(H2,16,19)(H,18,21). The monoisotopic (exact) mass is 285 g/mol. The highest BCUT2D eigenvalue weighted by atomic mass is 16.1.